The van der Waals surface area contributed by atoms with Gasteiger partial charge in [0.15, 0.2) is 0 Å². The van der Waals surface area contributed by atoms with E-state index in [-0.39, 0.29) is 30.6 Å². The molecule has 0 radical (unpaired) electrons. The second kappa shape index (κ2) is 9.84. The molecule has 0 bridgehead atoms. The summed E-state index contributed by atoms with van der Waals surface area (Å²) in [5.74, 6) is 1.23. The third-order valence-electron chi connectivity index (χ3n) is 7.16. The lowest BCUT2D eigenvalue weighted by Crippen LogP contribution is -2.37. The number of benzene rings is 1. The summed E-state index contributed by atoms with van der Waals surface area (Å²) >= 11 is 0. The Bertz CT molecular complexity index is 934. The van der Waals surface area contributed by atoms with Gasteiger partial charge in [0, 0.05) is 23.9 Å². The van der Waals surface area contributed by atoms with Crippen molar-refractivity contribution in [1.29, 1.82) is 0 Å². The highest BCUT2D eigenvalue weighted by Crippen LogP contribution is 2.51. The molecule has 3 N–H and O–H groups in total. The van der Waals surface area contributed by atoms with Crippen LogP contribution in [0.25, 0.3) is 0 Å². The molecule has 1 aliphatic heterocycles. The number of carbonyl (C=O) groups excluding carboxylic acids is 1. The fourth-order valence-corrected chi connectivity index (χ4v) is 5.47. The average molecular weight is 459 g/mol. The predicted molar refractivity (Wildman–Crippen MR) is 124 cm³/mol. The van der Waals surface area contributed by atoms with Crippen molar-refractivity contribution >= 4 is 17.6 Å². The molecule has 1 heterocycles. The molecule has 6 nitrogen and oxygen atoms in total. The third kappa shape index (κ3) is 5.75. The molecule has 4 rings (SSSR count). The zero-order valence-corrected chi connectivity index (χ0v) is 19.7. The van der Waals surface area contributed by atoms with E-state index in [2.05, 4.69) is 24.6 Å². The first-order valence-electron chi connectivity index (χ1n) is 12.1. The van der Waals surface area contributed by atoms with Crippen LogP contribution in [0, 0.1) is 42.3 Å². The Morgan fingerprint density at radius 1 is 1.21 bits per heavy atom. The Morgan fingerprint density at radius 3 is 2.55 bits per heavy atom. The number of carboxylic acid groups (broad SMARTS) is 1. The molecule has 1 aromatic rings. The van der Waals surface area contributed by atoms with Gasteiger partial charge < -0.3 is 15.3 Å². The molecule has 33 heavy (non-hydrogen) atoms. The molecule has 1 amide bonds. The standard InChI is InChI=1S/C26H35FN2O4/c1-14(2)8-16-10-19(11-16)26-24(17-4-5-17)25(29-33-26)18(13-23(31)32)12-22(30)28-21-7-6-20(27)9-15(21)3/h6-7,9,14,16-19,25,29H,4-5,8,10-13H2,1-3H3,(H,28,30)(H,31,32). The molecule has 2 atom stereocenters. The van der Waals surface area contributed by atoms with Gasteiger partial charge in [0.25, 0.3) is 0 Å². The number of hydrogen-bond donors (Lipinski definition) is 3. The van der Waals surface area contributed by atoms with Crippen LogP contribution in [0.5, 0.6) is 0 Å². The Labute approximate surface area is 194 Å². The van der Waals surface area contributed by atoms with Crippen LogP contribution in [-0.4, -0.2) is 23.0 Å². The number of aryl methyl sites for hydroxylation is 1. The Morgan fingerprint density at radius 2 is 1.94 bits per heavy atom. The normalized spacial score (nSPS) is 25.5. The van der Waals surface area contributed by atoms with Crippen LogP contribution in [0.1, 0.15) is 64.4 Å². The largest absolute Gasteiger partial charge is 0.481 e. The second-order valence-corrected chi connectivity index (χ2v) is 10.5. The minimum Gasteiger partial charge on any atom is -0.481 e. The topological polar surface area (TPSA) is 87.7 Å². The molecular formula is C26H35FN2O4. The summed E-state index contributed by atoms with van der Waals surface area (Å²) in [6, 6.07) is 3.92. The molecule has 7 heteroatoms. The van der Waals surface area contributed by atoms with E-state index in [1.165, 1.54) is 30.2 Å². The van der Waals surface area contributed by atoms with E-state index in [0.29, 0.717) is 29.0 Å². The van der Waals surface area contributed by atoms with Crippen molar-refractivity contribution in [3.8, 4) is 0 Å². The third-order valence-corrected chi connectivity index (χ3v) is 7.16. The van der Waals surface area contributed by atoms with Gasteiger partial charge in [-0.3, -0.25) is 9.59 Å². The summed E-state index contributed by atoms with van der Waals surface area (Å²) in [7, 11) is 0. The van der Waals surface area contributed by atoms with E-state index >= 15 is 0 Å². The molecule has 3 aliphatic rings. The summed E-state index contributed by atoms with van der Waals surface area (Å²) in [4.78, 5) is 30.5. The van der Waals surface area contributed by atoms with Crippen molar-refractivity contribution in [2.75, 3.05) is 5.32 Å². The van der Waals surface area contributed by atoms with E-state index in [0.717, 1.165) is 37.4 Å². The zero-order valence-electron chi connectivity index (χ0n) is 19.7. The lowest BCUT2D eigenvalue weighted by molar-refractivity contribution is -0.138. The number of anilines is 1. The number of aliphatic carboxylic acids is 1. The van der Waals surface area contributed by atoms with Gasteiger partial charge in [-0.1, -0.05) is 13.8 Å². The summed E-state index contributed by atoms with van der Waals surface area (Å²) in [6.07, 6.45) is 5.56. The van der Waals surface area contributed by atoms with Crippen molar-refractivity contribution < 1.29 is 23.9 Å². The summed E-state index contributed by atoms with van der Waals surface area (Å²) in [6.45, 7) is 6.23. The highest BCUT2D eigenvalue weighted by molar-refractivity contribution is 5.92. The van der Waals surface area contributed by atoms with Crippen LogP contribution in [0.15, 0.2) is 29.5 Å². The van der Waals surface area contributed by atoms with Gasteiger partial charge in [-0.15, -0.1) is 5.48 Å². The van der Waals surface area contributed by atoms with Gasteiger partial charge in [0.1, 0.15) is 11.6 Å². The molecule has 2 unspecified atom stereocenters. The van der Waals surface area contributed by atoms with Crippen molar-refractivity contribution in [3.05, 3.63) is 40.9 Å². The molecule has 2 fully saturated rings. The van der Waals surface area contributed by atoms with Crippen LogP contribution < -0.4 is 10.8 Å². The molecule has 0 spiro atoms. The van der Waals surface area contributed by atoms with Gasteiger partial charge in [-0.25, -0.2) is 4.39 Å². The van der Waals surface area contributed by atoms with Gasteiger partial charge >= 0.3 is 5.97 Å². The Hall–Kier alpha value is -2.41. The second-order valence-electron chi connectivity index (χ2n) is 10.5. The van der Waals surface area contributed by atoms with Gasteiger partial charge in [-0.2, -0.15) is 0 Å². The van der Waals surface area contributed by atoms with Gasteiger partial charge in [0.05, 0.1) is 12.5 Å². The van der Waals surface area contributed by atoms with E-state index in [1.54, 1.807) is 6.92 Å². The molecule has 0 aromatic heterocycles. The van der Waals surface area contributed by atoms with Gasteiger partial charge in [-0.05, 0) is 86.1 Å². The molecule has 1 aromatic carbocycles. The minimum atomic E-state index is -0.934. The quantitative estimate of drug-likeness (QED) is 0.449. The van der Waals surface area contributed by atoms with E-state index in [9.17, 15) is 19.1 Å². The first-order chi connectivity index (χ1) is 15.7. The van der Waals surface area contributed by atoms with Crippen LogP contribution in [-0.2, 0) is 14.4 Å². The minimum absolute atomic E-state index is 0.0499. The average Bonchev–Trinajstić information content (AvgIpc) is 3.44. The summed E-state index contributed by atoms with van der Waals surface area (Å²) in [5, 5.41) is 12.4. The number of hydroxylamine groups is 1. The van der Waals surface area contributed by atoms with E-state index < -0.39 is 11.9 Å². The number of amides is 1. The van der Waals surface area contributed by atoms with E-state index in [1.807, 2.05) is 0 Å². The molecule has 2 saturated carbocycles. The van der Waals surface area contributed by atoms with Crippen LogP contribution in [0.4, 0.5) is 10.1 Å². The zero-order chi connectivity index (χ0) is 23.7. The van der Waals surface area contributed by atoms with Crippen LogP contribution in [0.2, 0.25) is 0 Å². The van der Waals surface area contributed by atoms with Crippen molar-refractivity contribution in [2.24, 2.45) is 29.6 Å². The maximum Gasteiger partial charge on any atom is 0.303 e. The van der Waals surface area contributed by atoms with Crippen LogP contribution in [0.3, 0.4) is 0 Å². The van der Waals surface area contributed by atoms with Crippen molar-refractivity contribution in [2.45, 2.75) is 71.8 Å². The number of hydrogen-bond acceptors (Lipinski definition) is 4. The first-order valence-corrected chi connectivity index (χ1v) is 12.1. The molecule has 180 valence electrons. The SMILES string of the molecule is Cc1cc(F)ccc1NC(=O)CC(CC(=O)O)C1NOC(C2CC(CC(C)C)C2)=C1C1CC1. The van der Waals surface area contributed by atoms with Crippen molar-refractivity contribution in [3.63, 3.8) is 0 Å². The molecule has 0 saturated heterocycles. The smallest absolute Gasteiger partial charge is 0.303 e. The number of nitrogens with one attached hydrogen (secondary N) is 2. The predicted octanol–water partition coefficient (Wildman–Crippen LogP) is 5.19. The molecular weight excluding hydrogens is 423 g/mol. The Balaban J connectivity index is 1.47. The highest BCUT2D eigenvalue weighted by atomic mass is 19.1. The molecule has 2 aliphatic carbocycles. The summed E-state index contributed by atoms with van der Waals surface area (Å²) in [5.41, 5.74) is 5.47. The number of carbonyl (C=O) groups is 2. The highest BCUT2D eigenvalue weighted by Gasteiger charge is 2.47. The maximum absolute atomic E-state index is 13.4. The number of carboxylic acids is 1. The lowest BCUT2D eigenvalue weighted by atomic mass is 9.69. The van der Waals surface area contributed by atoms with E-state index in [4.69, 9.17) is 4.84 Å². The summed E-state index contributed by atoms with van der Waals surface area (Å²) < 4.78 is 13.4. The fraction of sp³-hybridized carbons (Fsp3) is 0.615. The maximum atomic E-state index is 13.4. The van der Waals surface area contributed by atoms with Gasteiger partial charge in [0.2, 0.25) is 5.91 Å². The number of rotatable bonds is 10. The lowest BCUT2D eigenvalue weighted by Gasteiger charge is -2.36. The monoisotopic (exact) mass is 458 g/mol. The number of allylic oxidation sites excluding steroid dienone is 1. The Kier molecular flexibility index (Phi) is 7.07. The van der Waals surface area contributed by atoms with Crippen molar-refractivity contribution in [1.82, 2.24) is 5.48 Å². The fourth-order valence-electron chi connectivity index (χ4n) is 5.47. The first kappa shape index (κ1) is 23.7. The van der Waals surface area contributed by atoms with Crippen LogP contribution >= 0.6 is 0 Å². The number of halogens is 1.